The van der Waals surface area contributed by atoms with Gasteiger partial charge in [0.1, 0.15) is 12.0 Å². The molecule has 1 aliphatic carbocycles. The highest BCUT2D eigenvalue weighted by molar-refractivity contribution is 6.31. The van der Waals surface area contributed by atoms with Gasteiger partial charge in [0.2, 0.25) is 17.7 Å². The Morgan fingerprint density at radius 1 is 1.30 bits per heavy atom. The molecular formula is C24H28ClFN4O3. The first-order valence-corrected chi connectivity index (χ1v) is 11.6. The zero-order valence-electron chi connectivity index (χ0n) is 18.7. The first-order chi connectivity index (χ1) is 15.8. The number of carbonyl (C=O) groups is 2. The van der Waals surface area contributed by atoms with Crippen LogP contribution in [0.5, 0.6) is 5.88 Å². The molecule has 4 rings (SSSR count). The van der Waals surface area contributed by atoms with Gasteiger partial charge < -0.3 is 15.4 Å². The number of hydrogen-bond acceptors (Lipinski definition) is 5. The molecule has 2 aromatic rings. The van der Waals surface area contributed by atoms with E-state index in [0.717, 1.165) is 5.56 Å². The Kier molecular flexibility index (Phi) is 7.14. The number of halogens is 2. The van der Waals surface area contributed by atoms with E-state index in [0.29, 0.717) is 24.0 Å². The van der Waals surface area contributed by atoms with E-state index in [2.05, 4.69) is 20.9 Å². The summed E-state index contributed by atoms with van der Waals surface area (Å²) in [5.41, 5.74) is 1.23. The smallest absolute Gasteiger partial charge is 0.223 e. The van der Waals surface area contributed by atoms with Crippen molar-refractivity contribution in [2.75, 3.05) is 6.61 Å². The van der Waals surface area contributed by atoms with Gasteiger partial charge in [0.05, 0.1) is 11.6 Å². The fourth-order valence-electron chi connectivity index (χ4n) is 3.65. The van der Waals surface area contributed by atoms with Crippen LogP contribution >= 0.6 is 11.6 Å². The average molecular weight is 475 g/mol. The standard InChI is InChI=1S/C24H28ClFN4O3/c1-13(2)24(32)28-11-16-5-7-17(25)21(22(16)26)23-29-18(9-19(31)30-23)15-6-8-20(27-10-15)33-12-14-3-4-14/h5-8,10,13-14,18,23,29H,3-4,9,11-12H2,1-2H3,(H,28,32)(H,30,31). The number of benzene rings is 1. The number of pyridine rings is 1. The van der Waals surface area contributed by atoms with Gasteiger partial charge in [0.15, 0.2) is 0 Å². The predicted molar refractivity (Wildman–Crippen MR) is 122 cm³/mol. The molecule has 0 spiro atoms. The second-order valence-corrected chi connectivity index (χ2v) is 9.32. The molecule has 1 saturated carbocycles. The summed E-state index contributed by atoms with van der Waals surface area (Å²) in [6.07, 6.45) is 3.43. The lowest BCUT2D eigenvalue weighted by Crippen LogP contribution is -2.47. The molecule has 1 aliphatic heterocycles. The van der Waals surface area contributed by atoms with Crippen LogP contribution in [0.15, 0.2) is 30.5 Å². The van der Waals surface area contributed by atoms with Crippen LogP contribution in [0.3, 0.4) is 0 Å². The van der Waals surface area contributed by atoms with Crippen LogP contribution in [-0.4, -0.2) is 23.4 Å². The van der Waals surface area contributed by atoms with Crippen molar-refractivity contribution in [3.05, 3.63) is 58.0 Å². The molecule has 9 heteroatoms. The van der Waals surface area contributed by atoms with E-state index in [-0.39, 0.29) is 47.3 Å². The summed E-state index contributed by atoms with van der Waals surface area (Å²) in [5.74, 6) is 0.00240. The molecule has 2 amide bonds. The van der Waals surface area contributed by atoms with Crippen molar-refractivity contribution >= 4 is 23.4 Å². The van der Waals surface area contributed by atoms with Gasteiger partial charge in [-0.25, -0.2) is 9.37 Å². The van der Waals surface area contributed by atoms with Crippen molar-refractivity contribution in [2.24, 2.45) is 11.8 Å². The predicted octanol–water partition coefficient (Wildman–Crippen LogP) is 3.78. The summed E-state index contributed by atoms with van der Waals surface area (Å²) in [7, 11) is 0. The highest BCUT2D eigenvalue weighted by Crippen LogP contribution is 2.33. The molecule has 2 heterocycles. The summed E-state index contributed by atoms with van der Waals surface area (Å²) in [5, 5.41) is 8.93. The summed E-state index contributed by atoms with van der Waals surface area (Å²) < 4.78 is 21.1. The average Bonchev–Trinajstić information content (AvgIpc) is 3.61. The van der Waals surface area contributed by atoms with Crippen LogP contribution in [0.25, 0.3) is 0 Å². The van der Waals surface area contributed by atoms with Gasteiger partial charge >= 0.3 is 0 Å². The molecule has 2 aliphatic rings. The van der Waals surface area contributed by atoms with Gasteiger partial charge in [-0.15, -0.1) is 0 Å². The van der Waals surface area contributed by atoms with E-state index >= 15 is 4.39 Å². The third kappa shape index (κ3) is 5.81. The maximum absolute atomic E-state index is 15.4. The van der Waals surface area contributed by atoms with E-state index < -0.39 is 12.0 Å². The number of amides is 2. The highest BCUT2D eigenvalue weighted by atomic mass is 35.5. The van der Waals surface area contributed by atoms with Crippen LogP contribution in [0, 0.1) is 17.7 Å². The highest BCUT2D eigenvalue weighted by Gasteiger charge is 2.32. The van der Waals surface area contributed by atoms with E-state index in [1.54, 1.807) is 32.2 Å². The third-order valence-electron chi connectivity index (χ3n) is 5.86. The van der Waals surface area contributed by atoms with Gasteiger partial charge in [-0.2, -0.15) is 0 Å². The largest absolute Gasteiger partial charge is 0.477 e. The molecule has 33 heavy (non-hydrogen) atoms. The lowest BCUT2D eigenvalue weighted by atomic mass is 9.99. The first-order valence-electron chi connectivity index (χ1n) is 11.2. The second kappa shape index (κ2) is 10.1. The first kappa shape index (κ1) is 23.4. The van der Waals surface area contributed by atoms with E-state index in [9.17, 15) is 9.59 Å². The molecule has 1 aromatic carbocycles. The minimum Gasteiger partial charge on any atom is -0.477 e. The topological polar surface area (TPSA) is 92.4 Å². The van der Waals surface area contributed by atoms with Crippen LogP contribution in [0.2, 0.25) is 5.02 Å². The Morgan fingerprint density at radius 3 is 2.76 bits per heavy atom. The molecule has 0 bridgehead atoms. The van der Waals surface area contributed by atoms with Crippen LogP contribution in [-0.2, 0) is 16.1 Å². The Labute approximate surface area is 197 Å². The van der Waals surface area contributed by atoms with E-state index in [1.807, 2.05) is 6.07 Å². The number of carbonyl (C=O) groups excluding carboxylic acids is 2. The van der Waals surface area contributed by atoms with Crippen LogP contribution in [0.1, 0.15) is 62.0 Å². The zero-order valence-corrected chi connectivity index (χ0v) is 19.4. The molecule has 0 radical (unpaired) electrons. The monoisotopic (exact) mass is 474 g/mol. The minimum atomic E-state index is -0.824. The normalized spacial score (nSPS) is 20.5. The Balaban J connectivity index is 1.49. The quantitative estimate of drug-likeness (QED) is 0.541. The van der Waals surface area contributed by atoms with Gasteiger partial charge in [0, 0.05) is 48.3 Å². The SMILES string of the molecule is CC(C)C(=O)NCc1ccc(Cl)c(C2NC(=O)CC(c3ccc(OCC4CC4)nc3)N2)c1F. The van der Waals surface area contributed by atoms with Gasteiger partial charge in [-0.05, 0) is 30.4 Å². The molecule has 2 fully saturated rings. The molecule has 2 unspecified atom stereocenters. The fourth-order valence-corrected chi connectivity index (χ4v) is 3.90. The fraction of sp³-hybridized carbons (Fsp3) is 0.458. The molecule has 3 N–H and O–H groups in total. The van der Waals surface area contributed by atoms with Gasteiger partial charge in [-0.1, -0.05) is 37.6 Å². The molecule has 1 aromatic heterocycles. The van der Waals surface area contributed by atoms with Crippen molar-refractivity contribution in [3.63, 3.8) is 0 Å². The number of aromatic nitrogens is 1. The van der Waals surface area contributed by atoms with Crippen molar-refractivity contribution in [1.29, 1.82) is 0 Å². The lowest BCUT2D eigenvalue weighted by Gasteiger charge is -2.33. The number of nitrogens with zero attached hydrogens (tertiary/aromatic N) is 1. The molecule has 1 saturated heterocycles. The molecule has 176 valence electrons. The summed E-state index contributed by atoms with van der Waals surface area (Å²) in [6, 6.07) is 6.38. The molecular weight excluding hydrogens is 447 g/mol. The summed E-state index contributed by atoms with van der Waals surface area (Å²) >= 11 is 6.33. The van der Waals surface area contributed by atoms with Gasteiger partial charge in [0.25, 0.3) is 0 Å². The lowest BCUT2D eigenvalue weighted by molar-refractivity contribution is -0.125. The third-order valence-corrected chi connectivity index (χ3v) is 6.19. The Bertz CT molecular complexity index is 1030. The number of rotatable bonds is 8. The Hall–Kier alpha value is -2.71. The second-order valence-electron chi connectivity index (χ2n) is 8.91. The van der Waals surface area contributed by atoms with Gasteiger partial charge in [-0.3, -0.25) is 14.9 Å². The van der Waals surface area contributed by atoms with Crippen LogP contribution < -0.4 is 20.7 Å². The maximum atomic E-state index is 15.4. The van der Waals surface area contributed by atoms with E-state index in [1.165, 1.54) is 18.9 Å². The zero-order chi connectivity index (χ0) is 23.5. The summed E-state index contributed by atoms with van der Waals surface area (Å²) in [6.45, 7) is 4.23. The molecule has 2 atom stereocenters. The number of nitrogens with one attached hydrogen (secondary N) is 3. The Morgan fingerprint density at radius 2 is 2.09 bits per heavy atom. The summed E-state index contributed by atoms with van der Waals surface area (Å²) in [4.78, 5) is 28.7. The minimum absolute atomic E-state index is 0.0311. The van der Waals surface area contributed by atoms with Crippen molar-refractivity contribution in [3.8, 4) is 5.88 Å². The number of hydrogen-bond donors (Lipinski definition) is 3. The van der Waals surface area contributed by atoms with Crippen molar-refractivity contribution in [1.82, 2.24) is 20.9 Å². The van der Waals surface area contributed by atoms with Crippen molar-refractivity contribution < 1.29 is 18.7 Å². The van der Waals surface area contributed by atoms with Crippen molar-refractivity contribution in [2.45, 2.75) is 51.9 Å². The van der Waals surface area contributed by atoms with E-state index in [4.69, 9.17) is 16.3 Å². The number of ether oxygens (including phenoxy) is 1. The molecule has 7 nitrogen and oxygen atoms in total. The van der Waals surface area contributed by atoms with Crippen LogP contribution in [0.4, 0.5) is 4.39 Å². The maximum Gasteiger partial charge on any atom is 0.223 e.